The van der Waals surface area contributed by atoms with Crippen LogP contribution in [0.5, 0.6) is 0 Å². The van der Waals surface area contributed by atoms with Crippen LogP contribution in [0.25, 0.3) is 22.6 Å². The number of rotatable bonds is 4. The normalized spacial score (nSPS) is 19.8. The van der Waals surface area contributed by atoms with Crippen LogP contribution in [0.1, 0.15) is 50.5 Å². The molecule has 1 fully saturated rings. The summed E-state index contributed by atoms with van der Waals surface area (Å²) >= 11 is 3.44. The van der Waals surface area contributed by atoms with Gasteiger partial charge in [-0.15, -0.1) is 10.2 Å². The molecule has 1 saturated carbocycles. The summed E-state index contributed by atoms with van der Waals surface area (Å²) < 4.78 is 1.04. The van der Waals surface area contributed by atoms with Crippen LogP contribution < -0.4 is 0 Å². The van der Waals surface area contributed by atoms with Crippen LogP contribution in [0.15, 0.2) is 59.2 Å². The van der Waals surface area contributed by atoms with E-state index >= 15 is 0 Å². The predicted octanol–water partition coefficient (Wildman–Crippen LogP) is 6.65. The van der Waals surface area contributed by atoms with Crippen LogP contribution in [0.3, 0.4) is 0 Å². The van der Waals surface area contributed by atoms with Gasteiger partial charge in [0.25, 0.3) is 0 Å². The highest BCUT2D eigenvalue weighted by Crippen LogP contribution is 2.37. The van der Waals surface area contributed by atoms with Crippen LogP contribution >= 0.6 is 15.9 Å². The molecule has 0 atom stereocenters. The molecule has 2 aromatic carbocycles. The Balaban J connectivity index is 1.46. The molecule has 27 heavy (non-hydrogen) atoms. The number of hydrogen-bond donors (Lipinski definition) is 0. The Hall–Kier alpha value is -2.07. The smallest absolute Gasteiger partial charge is 0.181 e. The van der Waals surface area contributed by atoms with E-state index in [1.165, 1.54) is 37.7 Å². The zero-order valence-corrected chi connectivity index (χ0v) is 17.2. The van der Waals surface area contributed by atoms with Crippen molar-refractivity contribution in [1.29, 1.82) is 0 Å². The first-order valence-electron chi connectivity index (χ1n) is 9.79. The van der Waals surface area contributed by atoms with Crippen molar-refractivity contribution in [3.05, 3.63) is 64.8 Å². The Morgan fingerprint density at radius 3 is 2.11 bits per heavy atom. The van der Waals surface area contributed by atoms with Gasteiger partial charge in [-0.1, -0.05) is 65.7 Å². The van der Waals surface area contributed by atoms with Gasteiger partial charge in [0.1, 0.15) is 5.69 Å². The highest BCUT2D eigenvalue weighted by atomic mass is 79.9. The molecule has 3 aromatic rings. The van der Waals surface area contributed by atoms with E-state index in [2.05, 4.69) is 62.3 Å². The number of nitrogens with zero attached hydrogens (tertiary/aromatic N) is 3. The SMILES string of the molecule is CC[C@H]1CC[C@H](c2ccc(-c3cnc(-c4ccc(Br)cc4)nn3)cc2)CC1. The quantitative estimate of drug-likeness (QED) is 0.472. The molecule has 0 unspecified atom stereocenters. The Bertz CT molecular complexity index is 865. The Labute approximate surface area is 169 Å². The lowest BCUT2D eigenvalue weighted by atomic mass is 9.78. The van der Waals surface area contributed by atoms with E-state index in [-0.39, 0.29) is 0 Å². The Morgan fingerprint density at radius 2 is 1.52 bits per heavy atom. The van der Waals surface area contributed by atoms with E-state index in [4.69, 9.17) is 0 Å². The van der Waals surface area contributed by atoms with Gasteiger partial charge in [-0.05, 0) is 55.2 Å². The molecule has 1 heterocycles. The Kier molecular flexibility index (Phi) is 5.63. The monoisotopic (exact) mass is 421 g/mol. The third-order valence-corrected chi connectivity index (χ3v) is 6.29. The van der Waals surface area contributed by atoms with E-state index in [0.717, 1.165) is 27.2 Å². The molecule has 0 radical (unpaired) electrons. The van der Waals surface area contributed by atoms with E-state index in [1.54, 1.807) is 0 Å². The maximum atomic E-state index is 4.50. The first kappa shape index (κ1) is 18.3. The average molecular weight is 422 g/mol. The lowest BCUT2D eigenvalue weighted by Crippen LogP contribution is -2.12. The van der Waals surface area contributed by atoms with Gasteiger partial charge in [0.15, 0.2) is 5.82 Å². The van der Waals surface area contributed by atoms with Gasteiger partial charge in [-0.2, -0.15) is 0 Å². The minimum Gasteiger partial charge on any atom is -0.233 e. The van der Waals surface area contributed by atoms with Crippen molar-refractivity contribution < 1.29 is 0 Å². The molecule has 4 heteroatoms. The summed E-state index contributed by atoms with van der Waals surface area (Å²) in [6.07, 6.45) is 8.52. The standard InChI is InChI=1S/C23H24BrN3/c1-2-16-3-5-17(6-4-16)18-7-9-19(10-8-18)22-15-25-23(27-26-22)20-11-13-21(24)14-12-20/h7-17H,2-6H2,1H3/t16-,17-. The molecule has 0 saturated heterocycles. The summed E-state index contributed by atoms with van der Waals surface area (Å²) in [6.45, 7) is 2.32. The fourth-order valence-corrected chi connectivity index (χ4v) is 4.23. The molecule has 0 aliphatic heterocycles. The Morgan fingerprint density at radius 1 is 0.852 bits per heavy atom. The first-order chi connectivity index (χ1) is 13.2. The van der Waals surface area contributed by atoms with E-state index in [9.17, 15) is 0 Å². The second kappa shape index (κ2) is 8.30. The van der Waals surface area contributed by atoms with Crippen molar-refractivity contribution in [3.63, 3.8) is 0 Å². The van der Waals surface area contributed by atoms with Gasteiger partial charge in [-0.25, -0.2) is 4.98 Å². The zero-order valence-electron chi connectivity index (χ0n) is 15.6. The zero-order chi connectivity index (χ0) is 18.6. The maximum absolute atomic E-state index is 4.50. The maximum Gasteiger partial charge on any atom is 0.181 e. The van der Waals surface area contributed by atoms with Crippen LogP contribution in [0, 0.1) is 5.92 Å². The van der Waals surface area contributed by atoms with E-state index < -0.39 is 0 Å². The molecule has 1 aliphatic carbocycles. The fourth-order valence-electron chi connectivity index (χ4n) is 3.97. The molecule has 0 amide bonds. The summed E-state index contributed by atoms with van der Waals surface area (Å²) in [7, 11) is 0. The summed E-state index contributed by atoms with van der Waals surface area (Å²) in [5.74, 6) is 2.30. The first-order valence-corrected chi connectivity index (χ1v) is 10.6. The van der Waals surface area contributed by atoms with Gasteiger partial charge < -0.3 is 0 Å². The van der Waals surface area contributed by atoms with Crippen molar-refractivity contribution in [3.8, 4) is 22.6 Å². The summed E-state index contributed by atoms with van der Waals surface area (Å²) in [5, 5.41) is 8.70. The van der Waals surface area contributed by atoms with E-state index in [0.29, 0.717) is 11.7 Å². The molecule has 0 spiro atoms. The number of benzene rings is 2. The van der Waals surface area contributed by atoms with Crippen molar-refractivity contribution in [2.45, 2.75) is 44.9 Å². The third kappa shape index (κ3) is 4.27. The second-order valence-electron chi connectivity index (χ2n) is 7.42. The molecule has 0 bridgehead atoms. The number of aromatic nitrogens is 3. The van der Waals surface area contributed by atoms with Crippen molar-refractivity contribution >= 4 is 15.9 Å². The number of hydrogen-bond acceptors (Lipinski definition) is 3. The molecule has 0 N–H and O–H groups in total. The third-order valence-electron chi connectivity index (χ3n) is 5.77. The highest BCUT2D eigenvalue weighted by molar-refractivity contribution is 9.10. The lowest BCUT2D eigenvalue weighted by Gasteiger charge is -2.28. The summed E-state index contributed by atoms with van der Waals surface area (Å²) in [6, 6.07) is 16.8. The van der Waals surface area contributed by atoms with Crippen molar-refractivity contribution in [2.75, 3.05) is 0 Å². The van der Waals surface area contributed by atoms with Gasteiger partial charge in [-0.3, -0.25) is 0 Å². The molecule has 138 valence electrons. The largest absolute Gasteiger partial charge is 0.233 e. The molecular formula is C23H24BrN3. The fraction of sp³-hybridized carbons (Fsp3) is 0.348. The molecular weight excluding hydrogens is 398 g/mol. The molecule has 4 rings (SSSR count). The van der Waals surface area contributed by atoms with Crippen LogP contribution in [0.4, 0.5) is 0 Å². The van der Waals surface area contributed by atoms with Gasteiger partial charge in [0.05, 0.1) is 6.20 Å². The molecule has 1 aliphatic rings. The minimum absolute atomic E-state index is 0.649. The topological polar surface area (TPSA) is 38.7 Å². The lowest BCUT2D eigenvalue weighted by molar-refractivity contribution is 0.319. The van der Waals surface area contributed by atoms with Crippen LogP contribution in [0.2, 0.25) is 0 Å². The highest BCUT2D eigenvalue weighted by Gasteiger charge is 2.21. The van der Waals surface area contributed by atoms with Crippen molar-refractivity contribution in [1.82, 2.24) is 15.2 Å². The van der Waals surface area contributed by atoms with Crippen LogP contribution in [-0.2, 0) is 0 Å². The molecule has 1 aromatic heterocycles. The minimum atomic E-state index is 0.649. The van der Waals surface area contributed by atoms with E-state index in [1.807, 2.05) is 30.5 Å². The van der Waals surface area contributed by atoms with Gasteiger partial charge >= 0.3 is 0 Å². The van der Waals surface area contributed by atoms with Gasteiger partial charge in [0.2, 0.25) is 0 Å². The predicted molar refractivity (Wildman–Crippen MR) is 113 cm³/mol. The summed E-state index contributed by atoms with van der Waals surface area (Å²) in [4.78, 5) is 4.50. The average Bonchev–Trinajstić information content (AvgIpc) is 2.75. The van der Waals surface area contributed by atoms with Crippen molar-refractivity contribution in [2.24, 2.45) is 5.92 Å². The second-order valence-corrected chi connectivity index (χ2v) is 8.34. The summed E-state index contributed by atoms with van der Waals surface area (Å²) in [5.41, 5.74) is 4.32. The van der Waals surface area contributed by atoms with Crippen LogP contribution in [-0.4, -0.2) is 15.2 Å². The van der Waals surface area contributed by atoms with Gasteiger partial charge in [0, 0.05) is 15.6 Å². The molecule has 3 nitrogen and oxygen atoms in total. The number of halogens is 1.